The van der Waals surface area contributed by atoms with Crippen LogP contribution in [0.3, 0.4) is 0 Å². The molecule has 0 aliphatic carbocycles. The Morgan fingerprint density at radius 2 is 1.71 bits per heavy atom. The van der Waals surface area contributed by atoms with E-state index < -0.39 is 0 Å². The molecule has 1 amide bonds. The maximum atomic E-state index is 12.4. The fourth-order valence-electron chi connectivity index (χ4n) is 3.27. The first kappa shape index (κ1) is 23.1. The number of amides is 1. The predicted molar refractivity (Wildman–Crippen MR) is 136 cm³/mol. The molecule has 7 heteroatoms. The molecular weight excluding hydrogens is 448 g/mol. The molecule has 0 aliphatic rings. The fourth-order valence-corrected chi connectivity index (χ4v) is 3.99. The van der Waals surface area contributed by atoms with E-state index in [1.165, 1.54) is 17.4 Å². The van der Waals surface area contributed by atoms with Crippen LogP contribution in [0.25, 0.3) is 17.3 Å². The van der Waals surface area contributed by atoms with Crippen molar-refractivity contribution in [2.75, 3.05) is 19.5 Å². The van der Waals surface area contributed by atoms with Gasteiger partial charge in [0.1, 0.15) is 12.4 Å². The SMILES string of the molecule is COc1cc(/C=C/C(=O)Nc2nc(-c3ccccc3OC)cs2)ccc1OCc1ccccc1. The van der Waals surface area contributed by atoms with E-state index in [0.29, 0.717) is 23.2 Å². The average molecular weight is 473 g/mol. The lowest BCUT2D eigenvalue weighted by atomic mass is 10.1. The molecule has 1 aromatic heterocycles. The van der Waals surface area contributed by atoms with E-state index in [1.807, 2.05) is 78.2 Å². The Morgan fingerprint density at radius 1 is 0.941 bits per heavy atom. The Morgan fingerprint density at radius 3 is 2.50 bits per heavy atom. The lowest BCUT2D eigenvalue weighted by Crippen LogP contribution is -2.07. The molecule has 34 heavy (non-hydrogen) atoms. The molecule has 0 radical (unpaired) electrons. The molecule has 1 heterocycles. The van der Waals surface area contributed by atoms with Gasteiger partial charge in [-0.15, -0.1) is 11.3 Å². The van der Waals surface area contributed by atoms with Gasteiger partial charge in [0.2, 0.25) is 5.91 Å². The standard InChI is InChI=1S/C27H24N2O4S/c1-31-23-11-7-6-10-21(23)22-18-34-27(28-22)29-26(30)15-13-19-12-14-24(25(16-19)32-2)33-17-20-8-4-3-5-9-20/h3-16,18H,17H2,1-2H3,(H,28,29,30)/b15-13+. The fraction of sp³-hybridized carbons (Fsp3) is 0.111. The summed E-state index contributed by atoms with van der Waals surface area (Å²) in [4.78, 5) is 16.9. The topological polar surface area (TPSA) is 69.7 Å². The van der Waals surface area contributed by atoms with Gasteiger partial charge in [-0.2, -0.15) is 0 Å². The Bertz CT molecular complexity index is 1280. The Labute approximate surface area is 202 Å². The number of rotatable bonds is 9. The van der Waals surface area contributed by atoms with Crippen LogP contribution in [0.2, 0.25) is 0 Å². The molecule has 0 fully saturated rings. The Kier molecular flexibility index (Phi) is 7.57. The molecule has 172 valence electrons. The zero-order chi connectivity index (χ0) is 23.8. The van der Waals surface area contributed by atoms with E-state index in [0.717, 1.165) is 28.1 Å². The van der Waals surface area contributed by atoms with Gasteiger partial charge in [-0.3, -0.25) is 10.1 Å². The molecule has 4 aromatic rings. The lowest BCUT2D eigenvalue weighted by Gasteiger charge is -2.11. The lowest BCUT2D eigenvalue weighted by molar-refractivity contribution is -0.111. The first-order chi connectivity index (χ1) is 16.7. The third-order valence-corrected chi connectivity index (χ3v) is 5.73. The predicted octanol–water partition coefficient (Wildman–Crippen LogP) is 6.06. The monoisotopic (exact) mass is 472 g/mol. The van der Waals surface area contributed by atoms with Crippen molar-refractivity contribution in [1.82, 2.24) is 4.98 Å². The zero-order valence-corrected chi connectivity index (χ0v) is 19.7. The molecule has 0 unspecified atom stereocenters. The molecule has 0 spiro atoms. The highest BCUT2D eigenvalue weighted by molar-refractivity contribution is 7.14. The van der Waals surface area contributed by atoms with Crippen molar-refractivity contribution in [3.8, 4) is 28.5 Å². The number of nitrogens with zero attached hydrogens (tertiary/aromatic N) is 1. The zero-order valence-electron chi connectivity index (χ0n) is 18.9. The number of aromatic nitrogens is 1. The van der Waals surface area contributed by atoms with Gasteiger partial charge in [-0.25, -0.2) is 4.98 Å². The second-order valence-corrected chi connectivity index (χ2v) is 8.10. The first-order valence-corrected chi connectivity index (χ1v) is 11.5. The number of nitrogens with one attached hydrogen (secondary N) is 1. The summed E-state index contributed by atoms with van der Waals surface area (Å²) in [5.74, 6) is 1.69. The highest BCUT2D eigenvalue weighted by atomic mass is 32.1. The number of methoxy groups -OCH3 is 2. The summed E-state index contributed by atoms with van der Waals surface area (Å²) < 4.78 is 16.7. The number of carbonyl (C=O) groups excluding carboxylic acids is 1. The number of hydrogen-bond donors (Lipinski definition) is 1. The normalized spacial score (nSPS) is 10.8. The van der Waals surface area contributed by atoms with Gasteiger partial charge in [-0.1, -0.05) is 48.5 Å². The highest BCUT2D eigenvalue weighted by Crippen LogP contribution is 2.32. The van der Waals surface area contributed by atoms with Crippen LogP contribution < -0.4 is 19.5 Å². The minimum atomic E-state index is -0.274. The van der Waals surface area contributed by atoms with Crippen LogP contribution in [-0.4, -0.2) is 25.1 Å². The number of para-hydroxylation sites is 1. The van der Waals surface area contributed by atoms with Crippen molar-refractivity contribution in [3.63, 3.8) is 0 Å². The minimum Gasteiger partial charge on any atom is -0.496 e. The van der Waals surface area contributed by atoms with E-state index in [1.54, 1.807) is 20.3 Å². The van der Waals surface area contributed by atoms with Gasteiger partial charge in [-0.05, 0) is 41.5 Å². The molecule has 3 aromatic carbocycles. The molecule has 1 N–H and O–H groups in total. The Hall–Kier alpha value is -4.10. The first-order valence-electron chi connectivity index (χ1n) is 10.6. The molecule has 0 atom stereocenters. The third kappa shape index (κ3) is 5.82. The van der Waals surface area contributed by atoms with Crippen molar-refractivity contribution in [3.05, 3.63) is 95.4 Å². The van der Waals surface area contributed by atoms with Crippen LogP contribution in [0.15, 0.2) is 84.3 Å². The number of ether oxygens (including phenoxy) is 3. The third-order valence-electron chi connectivity index (χ3n) is 4.97. The Balaban J connectivity index is 1.38. The average Bonchev–Trinajstić information content (AvgIpc) is 3.35. The molecular formula is C27H24N2O4S. The van der Waals surface area contributed by atoms with Crippen molar-refractivity contribution < 1.29 is 19.0 Å². The van der Waals surface area contributed by atoms with E-state index in [4.69, 9.17) is 14.2 Å². The van der Waals surface area contributed by atoms with Crippen LogP contribution in [-0.2, 0) is 11.4 Å². The van der Waals surface area contributed by atoms with E-state index >= 15 is 0 Å². The van der Waals surface area contributed by atoms with E-state index in [2.05, 4.69) is 10.3 Å². The molecule has 0 saturated heterocycles. The van der Waals surface area contributed by atoms with E-state index in [9.17, 15) is 4.79 Å². The summed E-state index contributed by atoms with van der Waals surface area (Å²) in [6.45, 7) is 0.444. The van der Waals surface area contributed by atoms with Gasteiger partial charge < -0.3 is 14.2 Å². The van der Waals surface area contributed by atoms with Gasteiger partial charge >= 0.3 is 0 Å². The van der Waals surface area contributed by atoms with Crippen LogP contribution in [0.4, 0.5) is 5.13 Å². The van der Waals surface area contributed by atoms with Crippen molar-refractivity contribution in [1.29, 1.82) is 0 Å². The summed E-state index contributed by atoms with van der Waals surface area (Å²) >= 11 is 1.36. The summed E-state index contributed by atoms with van der Waals surface area (Å²) in [7, 11) is 3.21. The number of benzene rings is 3. The van der Waals surface area contributed by atoms with Gasteiger partial charge in [0.25, 0.3) is 0 Å². The quantitative estimate of drug-likeness (QED) is 0.300. The highest BCUT2D eigenvalue weighted by Gasteiger charge is 2.11. The van der Waals surface area contributed by atoms with E-state index in [-0.39, 0.29) is 5.91 Å². The second-order valence-electron chi connectivity index (χ2n) is 7.25. The summed E-state index contributed by atoms with van der Waals surface area (Å²) in [6.07, 6.45) is 3.18. The smallest absolute Gasteiger partial charge is 0.250 e. The van der Waals surface area contributed by atoms with Crippen LogP contribution in [0.5, 0.6) is 17.2 Å². The maximum absolute atomic E-state index is 12.4. The molecule has 6 nitrogen and oxygen atoms in total. The van der Waals surface area contributed by atoms with Crippen molar-refractivity contribution in [2.45, 2.75) is 6.61 Å². The maximum Gasteiger partial charge on any atom is 0.250 e. The molecule has 0 saturated carbocycles. The summed E-state index contributed by atoms with van der Waals surface area (Å²) in [6, 6.07) is 23.1. The van der Waals surface area contributed by atoms with Crippen molar-refractivity contribution >= 4 is 28.5 Å². The summed E-state index contributed by atoms with van der Waals surface area (Å²) in [5.41, 5.74) is 3.51. The van der Waals surface area contributed by atoms with Gasteiger partial charge in [0, 0.05) is 17.0 Å². The van der Waals surface area contributed by atoms with Crippen LogP contribution in [0.1, 0.15) is 11.1 Å². The number of hydrogen-bond acceptors (Lipinski definition) is 6. The molecule has 4 rings (SSSR count). The number of anilines is 1. The number of carbonyl (C=O) groups is 1. The second kappa shape index (κ2) is 11.2. The largest absolute Gasteiger partial charge is 0.496 e. The summed E-state index contributed by atoms with van der Waals surface area (Å²) in [5, 5.41) is 5.20. The molecule has 0 aliphatic heterocycles. The minimum absolute atomic E-state index is 0.274. The van der Waals surface area contributed by atoms with Crippen LogP contribution in [0, 0.1) is 0 Å². The van der Waals surface area contributed by atoms with Crippen molar-refractivity contribution in [2.24, 2.45) is 0 Å². The number of thiazole rings is 1. The van der Waals surface area contributed by atoms with Gasteiger partial charge in [0.05, 0.1) is 19.9 Å². The van der Waals surface area contributed by atoms with Crippen LogP contribution >= 0.6 is 11.3 Å². The van der Waals surface area contributed by atoms with Gasteiger partial charge in [0.15, 0.2) is 16.6 Å². The molecule has 0 bridgehead atoms.